The monoisotopic (exact) mass is 556 g/mol. The summed E-state index contributed by atoms with van der Waals surface area (Å²) in [4.78, 5) is 57.1. The van der Waals surface area contributed by atoms with Crippen LogP contribution in [0.15, 0.2) is 71.5 Å². The minimum Gasteiger partial charge on any atom is -0.493 e. The normalized spacial score (nSPS) is 24.0. The first kappa shape index (κ1) is 26.8. The number of carbonyl (C=O) groups is 3. The van der Waals surface area contributed by atoms with Crippen LogP contribution in [-0.4, -0.2) is 61.2 Å². The van der Waals surface area contributed by atoms with Crippen LogP contribution in [0.25, 0.3) is 0 Å². The minimum absolute atomic E-state index is 0.00516. The molecular weight excluding hydrogens is 524 g/mol. The maximum absolute atomic E-state index is 14.4. The lowest BCUT2D eigenvalue weighted by molar-refractivity contribution is -0.144. The van der Waals surface area contributed by atoms with E-state index in [1.165, 1.54) is 7.11 Å². The number of hydrogen-bond acceptors (Lipinski definition) is 7. The molecule has 0 aliphatic carbocycles. The standard InChI is InChI=1S/C31H32N4O6/c1-40-25-12-11-20(14-26(25)41-2)15-31(28(37)32-30(39)35(29(31)38)23-7-4-3-5-8-23)19-33-16-21-13-22(18-33)24-9-6-10-27(36)34(24)17-21/h3-12,14,21-22H,13,15-19H2,1-2H3,(H,32,37,39)/t21-,22-,31-/m0/s1. The molecule has 2 bridgehead atoms. The highest BCUT2D eigenvalue weighted by Crippen LogP contribution is 2.40. The van der Waals surface area contributed by atoms with E-state index in [0.717, 1.165) is 17.0 Å². The third-order valence-electron chi connectivity index (χ3n) is 8.49. The van der Waals surface area contributed by atoms with Gasteiger partial charge in [-0.1, -0.05) is 30.3 Å². The van der Waals surface area contributed by atoms with Gasteiger partial charge in [-0.3, -0.25) is 19.7 Å². The number of para-hydroxylation sites is 1. The van der Waals surface area contributed by atoms with Gasteiger partial charge in [-0.15, -0.1) is 0 Å². The van der Waals surface area contributed by atoms with Crippen molar-refractivity contribution in [3.05, 3.63) is 88.3 Å². The summed E-state index contributed by atoms with van der Waals surface area (Å²) < 4.78 is 12.7. The third kappa shape index (κ3) is 4.67. The largest absolute Gasteiger partial charge is 0.493 e. The molecule has 1 aromatic heterocycles. The number of likely N-dealkylation sites (tertiary alicyclic amines) is 1. The Morgan fingerprint density at radius 3 is 2.41 bits per heavy atom. The van der Waals surface area contributed by atoms with Gasteiger partial charge in [0, 0.05) is 43.9 Å². The highest BCUT2D eigenvalue weighted by atomic mass is 16.5. The molecule has 1 N–H and O–H groups in total. The highest BCUT2D eigenvalue weighted by molar-refractivity contribution is 6.30. The van der Waals surface area contributed by atoms with Crippen LogP contribution < -0.4 is 25.2 Å². The fraction of sp³-hybridized carbons (Fsp3) is 0.355. The quantitative estimate of drug-likeness (QED) is 0.446. The number of imide groups is 2. The molecule has 2 aromatic carbocycles. The Bertz CT molecular complexity index is 1570. The molecule has 10 nitrogen and oxygen atoms in total. The van der Waals surface area contributed by atoms with Gasteiger partial charge in [-0.2, -0.15) is 0 Å². The SMILES string of the molecule is COc1ccc(C[C@]2(CN3C[C@@H]4C[C@@H](C3)c3cccc(=O)n3C4)C(=O)NC(=O)N(c3ccccc3)C2=O)cc1OC. The third-order valence-corrected chi connectivity index (χ3v) is 8.49. The number of rotatable bonds is 7. The van der Waals surface area contributed by atoms with Gasteiger partial charge in [0.1, 0.15) is 5.41 Å². The lowest BCUT2D eigenvalue weighted by Gasteiger charge is -2.47. The highest BCUT2D eigenvalue weighted by Gasteiger charge is 2.56. The van der Waals surface area contributed by atoms with Gasteiger partial charge in [-0.25, -0.2) is 9.69 Å². The van der Waals surface area contributed by atoms with Gasteiger partial charge in [0.15, 0.2) is 11.5 Å². The van der Waals surface area contributed by atoms with Crippen LogP contribution in [0.4, 0.5) is 10.5 Å². The number of carbonyl (C=O) groups excluding carboxylic acids is 3. The van der Waals surface area contributed by atoms with Crippen molar-refractivity contribution in [3.63, 3.8) is 0 Å². The summed E-state index contributed by atoms with van der Waals surface area (Å²) >= 11 is 0. The summed E-state index contributed by atoms with van der Waals surface area (Å²) in [5.74, 6) is 0.121. The van der Waals surface area contributed by atoms with Crippen molar-refractivity contribution in [2.75, 3.05) is 38.8 Å². The van der Waals surface area contributed by atoms with E-state index >= 15 is 0 Å². The Labute approximate surface area is 237 Å². The lowest BCUT2D eigenvalue weighted by Crippen LogP contribution is -2.68. The number of anilines is 1. The van der Waals surface area contributed by atoms with Crippen molar-refractivity contribution in [1.82, 2.24) is 14.8 Å². The van der Waals surface area contributed by atoms with Crippen LogP contribution in [0, 0.1) is 11.3 Å². The number of nitrogens with zero attached hydrogens (tertiary/aromatic N) is 3. The number of amides is 4. The first-order valence-corrected chi connectivity index (χ1v) is 13.7. The van der Waals surface area contributed by atoms with Crippen molar-refractivity contribution in [2.24, 2.45) is 11.3 Å². The maximum atomic E-state index is 14.4. The number of urea groups is 1. The zero-order chi connectivity index (χ0) is 28.7. The van der Waals surface area contributed by atoms with E-state index in [1.807, 2.05) is 10.6 Å². The Kier molecular flexibility index (Phi) is 6.86. The molecule has 4 heterocycles. The predicted octanol–water partition coefficient (Wildman–Crippen LogP) is 2.80. The second kappa shape index (κ2) is 10.5. The number of benzene rings is 2. The molecule has 6 rings (SSSR count). The molecule has 0 saturated carbocycles. The van der Waals surface area contributed by atoms with E-state index in [2.05, 4.69) is 10.2 Å². The van der Waals surface area contributed by atoms with Crippen molar-refractivity contribution in [3.8, 4) is 11.5 Å². The Balaban J connectivity index is 1.39. The van der Waals surface area contributed by atoms with Gasteiger partial charge in [0.25, 0.3) is 11.5 Å². The van der Waals surface area contributed by atoms with Crippen LogP contribution in [0.5, 0.6) is 11.5 Å². The minimum atomic E-state index is -1.59. The summed E-state index contributed by atoms with van der Waals surface area (Å²) in [7, 11) is 3.07. The lowest BCUT2D eigenvalue weighted by atomic mass is 9.75. The van der Waals surface area contributed by atoms with Gasteiger partial charge in [0.2, 0.25) is 5.91 Å². The van der Waals surface area contributed by atoms with Crippen LogP contribution in [0.2, 0.25) is 0 Å². The Morgan fingerprint density at radius 1 is 0.878 bits per heavy atom. The Morgan fingerprint density at radius 2 is 1.66 bits per heavy atom. The number of hydrogen-bond donors (Lipinski definition) is 1. The number of pyridine rings is 1. The topological polar surface area (TPSA) is 110 Å². The first-order valence-electron chi connectivity index (χ1n) is 13.7. The summed E-state index contributed by atoms with van der Waals surface area (Å²) in [6.45, 7) is 1.93. The molecule has 0 spiro atoms. The van der Waals surface area contributed by atoms with E-state index in [-0.39, 0.29) is 30.4 Å². The van der Waals surface area contributed by atoms with Crippen molar-refractivity contribution >= 4 is 23.5 Å². The maximum Gasteiger partial charge on any atom is 0.335 e. The van der Waals surface area contributed by atoms with Gasteiger partial charge in [0.05, 0.1) is 19.9 Å². The number of fused-ring (bicyclic) bond motifs is 4. The summed E-state index contributed by atoms with van der Waals surface area (Å²) in [6, 6.07) is 18.5. The number of aromatic nitrogens is 1. The first-order chi connectivity index (χ1) is 19.8. The van der Waals surface area contributed by atoms with Crippen LogP contribution >= 0.6 is 0 Å². The predicted molar refractivity (Wildman–Crippen MR) is 151 cm³/mol. The smallest absolute Gasteiger partial charge is 0.335 e. The van der Waals surface area contributed by atoms with Gasteiger partial charge < -0.3 is 18.9 Å². The molecule has 3 aliphatic rings. The second-order valence-electron chi connectivity index (χ2n) is 11.1. The fourth-order valence-electron chi connectivity index (χ4n) is 6.68. The molecule has 0 radical (unpaired) electrons. The number of methoxy groups -OCH3 is 2. The number of barbiturate groups is 1. The summed E-state index contributed by atoms with van der Waals surface area (Å²) in [6.07, 6.45) is 0.994. The van der Waals surface area contributed by atoms with Crippen molar-refractivity contribution < 1.29 is 23.9 Å². The number of ether oxygens (including phenoxy) is 2. The second-order valence-corrected chi connectivity index (χ2v) is 11.1. The van der Waals surface area contributed by atoms with Crippen LogP contribution in [-0.2, 0) is 22.6 Å². The number of nitrogens with one attached hydrogen (secondary N) is 1. The van der Waals surface area contributed by atoms with Gasteiger partial charge in [-0.05, 0) is 54.7 Å². The van der Waals surface area contributed by atoms with E-state index < -0.39 is 23.3 Å². The van der Waals surface area contributed by atoms with Crippen LogP contribution in [0.1, 0.15) is 23.6 Å². The molecular formula is C31H32N4O6. The van der Waals surface area contributed by atoms with Gasteiger partial charge >= 0.3 is 6.03 Å². The van der Waals surface area contributed by atoms with Crippen molar-refractivity contribution in [1.29, 1.82) is 0 Å². The average molecular weight is 557 g/mol. The molecule has 3 aromatic rings. The molecule has 0 unspecified atom stereocenters. The molecule has 2 saturated heterocycles. The summed E-state index contributed by atoms with van der Waals surface area (Å²) in [5, 5.41) is 2.48. The molecule has 41 heavy (non-hydrogen) atoms. The Hall–Kier alpha value is -4.44. The number of piperidine rings is 1. The zero-order valence-corrected chi connectivity index (χ0v) is 23.0. The van der Waals surface area contributed by atoms with E-state index in [9.17, 15) is 19.2 Å². The zero-order valence-electron chi connectivity index (χ0n) is 23.0. The molecule has 4 amide bonds. The van der Waals surface area contributed by atoms with E-state index in [1.54, 1.807) is 67.8 Å². The fourth-order valence-corrected chi connectivity index (χ4v) is 6.68. The molecule has 10 heteroatoms. The molecule has 3 atom stereocenters. The van der Waals surface area contributed by atoms with Crippen LogP contribution in [0.3, 0.4) is 0 Å². The molecule has 212 valence electrons. The molecule has 3 aliphatic heterocycles. The van der Waals surface area contributed by atoms with E-state index in [0.29, 0.717) is 42.4 Å². The van der Waals surface area contributed by atoms with Crippen molar-refractivity contribution in [2.45, 2.75) is 25.3 Å². The average Bonchev–Trinajstić information content (AvgIpc) is 2.97. The van der Waals surface area contributed by atoms with E-state index in [4.69, 9.17) is 9.47 Å². The summed E-state index contributed by atoms with van der Waals surface area (Å²) in [5.41, 5.74) is 0.471. The molecule has 2 fully saturated rings.